The molecule has 0 aliphatic rings. The number of carbonyl (C=O) groups is 1. The molecule has 0 saturated carbocycles. The van der Waals surface area contributed by atoms with Crippen LogP contribution in [0.15, 0.2) is 18.2 Å². The van der Waals surface area contributed by atoms with Crippen LogP contribution in [0.25, 0.3) is 0 Å². The van der Waals surface area contributed by atoms with E-state index in [1.165, 1.54) is 19.2 Å². The number of unbranched alkanes of at least 4 members (excludes halogenated alkanes) is 2. The smallest absolute Gasteiger partial charge is 0.305 e. The van der Waals surface area contributed by atoms with Gasteiger partial charge in [-0.25, -0.2) is 0 Å². The number of methoxy groups -OCH3 is 1. The summed E-state index contributed by atoms with van der Waals surface area (Å²) >= 11 is 0. The first-order valence-corrected chi connectivity index (χ1v) is 6.57. The van der Waals surface area contributed by atoms with Crippen molar-refractivity contribution in [1.29, 1.82) is 5.26 Å². The number of nitrogens with zero attached hydrogens (tertiary/aromatic N) is 2. The van der Waals surface area contributed by atoms with Crippen LogP contribution in [0, 0.1) is 21.4 Å². The van der Waals surface area contributed by atoms with Crippen LogP contribution in [0.4, 0.5) is 11.4 Å². The van der Waals surface area contributed by atoms with Gasteiger partial charge in [-0.15, -0.1) is 0 Å². The van der Waals surface area contributed by atoms with Crippen LogP contribution in [0.3, 0.4) is 0 Å². The van der Waals surface area contributed by atoms with Crippen LogP contribution in [-0.2, 0) is 9.53 Å². The lowest BCUT2D eigenvalue weighted by Crippen LogP contribution is -2.04. The number of ether oxygens (including phenoxy) is 1. The fourth-order valence-corrected chi connectivity index (χ4v) is 1.80. The highest BCUT2D eigenvalue weighted by molar-refractivity contribution is 5.68. The minimum atomic E-state index is -0.574. The van der Waals surface area contributed by atoms with Gasteiger partial charge >= 0.3 is 5.97 Å². The van der Waals surface area contributed by atoms with Crippen molar-refractivity contribution in [3.8, 4) is 6.07 Å². The van der Waals surface area contributed by atoms with Crippen molar-refractivity contribution in [1.82, 2.24) is 0 Å². The number of esters is 1. The van der Waals surface area contributed by atoms with E-state index in [2.05, 4.69) is 10.1 Å². The number of hydrogen-bond acceptors (Lipinski definition) is 6. The van der Waals surface area contributed by atoms with Gasteiger partial charge in [-0.1, -0.05) is 6.42 Å². The van der Waals surface area contributed by atoms with Crippen LogP contribution >= 0.6 is 0 Å². The zero-order valence-corrected chi connectivity index (χ0v) is 11.8. The number of carbonyl (C=O) groups excluding carboxylic acids is 1. The monoisotopic (exact) mass is 291 g/mol. The minimum absolute atomic E-state index is 0.0377. The van der Waals surface area contributed by atoms with Gasteiger partial charge in [0.25, 0.3) is 5.69 Å². The first kappa shape index (κ1) is 16.4. The number of nitriles is 1. The van der Waals surface area contributed by atoms with E-state index in [4.69, 9.17) is 5.26 Å². The molecule has 1 aromatic rings. The van der Waals surface area contributed by atoms with Gasteiger partial charge in [0.15, 0.2) is 0 Å². The maximum atomic E-state index is 10.9. The second kappa shape index (κ2) is 8.53. The number of rotatable bonds is 8. The van der Waals surface area contributed by atoms with Crippen molar-refractivity contribution in [3.05, 3.63) is 33.9 Å². The van der Waals surface area contributed by atoms with Crippen LogP contribution in [0.1, 0.15) is 31.2 Å². The molecule has 0 spiro atoms. The second-order valence-corrected chi connectivity index (χ2v) is 4.41. The van der Waals surface area contributed by atoms with Crippen molar-refractivity contribution >= 4 is 17.3 Å². The Bertz CT molecular complexity index is 552. The summed E-state index contributed by atoms with van der Waals surface area (Å²) in [5.74, 6) is -0.211. The topological polar surface area (TPSA) is 105 Å². The summed E-state index contributed by atoms with van der Waals surface area (Å²) in [6.45, 7) is 0.670. The molecule has 0 atom stereocenters. The third-order valence-corrected chi connectivity index (χ3v) is 2.93. The van der Waals surface area contributed by atoms with Crippen molar-refractivity contribution in [2.24, 2.45) is 0 Å². The summed E-state index contributed by atoms with van der Waals surface area (Å²) in [6, 6.07) is 6.17. The van der Waals surface area contributed by atoms with Crippen LogP contribution in [0.2, 0.25) is 0 Å². The lowest BCUT2D eigenvalue weighted by molar-refractivity contribution is -0.385. The first-order valence-electron chi connectivity index (χ1n) is 6.57. The molecule has 1 aromatic carbocycles. The Labute approximate surface area is 122 Å². The van der Waals surface area contributed by atoms with Gasteiger partial charge in [0.05, 0.1) is 12.0 Å². The lowest BCUT2D eigenvalue weighted by atomic mass is 10.1. The summed E-state index contributed by atoms with van der Waals surface area (Å²) in [6.07, 6.45) is 2.90. The van der Waals surface area contributed by atoms with Gasteiger partial charge in [0.1, 0.15) is 11.6 Å². The molecule has 0 saturated heterocycles. The standard InChI is InChI=1S/C14H17N3O4/c1-21-14(18)5-3-2-4-8-16-12-6-7-13(17(19)20)11(9-12)10-15/h6-7,9,16H,2-5,8H2,1H3. The van der Waals surface area contributed by atoms with Crippen molar-refractivity contribution in [2.45, 2.75) is 25.7 Å². The Morgan fingerprint density at radius 2 is 2.19 bits per heavy atom. The number of anilines is 1. The highest BCUT2D eigenvalue weighted by atomic mass is 16.6. The lowest BCUT2D eigenvalue weighted by Gasteiger charge is -2.06. The Morgan fingerprint density at radius 3 is 2.81 bits per heavy atom. The Hall–Kier alpha value is -2.62. The van der Waals surface area contributed by atoms with E-state index in [9.17, 15) is 14.9 Å². The Kier molecular flexibility index (Phi) is 6.68. The van der Waals surface area contributed by atoms with Gasteiger partial charge < -0.3 is 10.1 Å². The molecule has 0 aliphatic heterocycles. The third-order valence-electron chi connectivity index (χ3n) is 2.93. The van der Waals surface area contributed by atoms with Crippen molar-refractivity contribution in [3.63, 3.8) is 0 Å². The van der Waals surface area contributed by atoms with Crippen LogP contribution < -0.4 is 5.32 Å². The quantitative estimate of drug-likeness (QED) is 0.341. The molecule has 112 valence electrons. The maximum Gasteiger partial charge on any atom is 0.305 e. The second-order valence-electron chi connectivity index (χ2n) is 4.41. The highest BCUT2D eigenvalue weighted by Crippen LogP contribution is 2.21. The van der Waals surface area contributed by atoms with E-state index >= 15 is 0 Å². The average molecular weight is 291 g/mol. The number of benzene rings is 1. The predicted octanol–water partition coefficient (Wildman–Crippen LogP) is 2.61. The fourth-order valence-electron chi connectivity index (χ4n) is 1.80. The van der Waals surface area contributed by atoms with E-state index in [0.717, 1.165) is 19.3 Å². The maximum absolute atomic E-state index is 10.9. The molecule has 0 unspecified atom stereocenters. The molecule has 21 heavy (non-hydrogen) atoms. The van der Waals surface area contributed by atoms with Crippen molar-refractivity contribution in [2.75, 3.05) is 19.0 Å². The van der Waals surface area contributed by atoms with E-state index in [0.29, 0.717) is 18.7 Å². The summed E-state index contributed by atoms with van der Waals surface area (Å²) < 4.78 is 4.54. The van der Waals surface area contributed by atoms with E-state index in [-0.39, 0.29) is 17.2 Å². The molecule has 0 bridgehead atoms. The predicted molar refractivity (Wildman–Crippen MR) is 76.8 cm³/mol. The fraction of sp³-hybridized carbons (Fsp3) is 0.429. The summed E-state index contributed by atoms with van der Waals surface area (Å²) in [5.41, 5.74) is 0.516. The van der Waals surface area contributed by atoms with Crippen LogP contribution in [-0.4, -0.2) is 24.5 Å². The molecule has 7 heteroatoms. The molecule has 0 aromatic heterocycles. The molecular weight excluding hydrogens is 274 g/mol. The number of nitro benzene ring substituents is 1. The number of nitrogens with one attached hydrogen (secondary N) is 1. The molecule has 0 aliphatic carbocycles. The Morgan fingerprint density at radius 1 is 1.43 bits per heavy atom. The van der Waals surface area contributed by atoms with E-state index in [1.807, 2.05) is 6.07 Å². The first-order chi connectivity index (χ1) is 10.1. The summed E-state index contributed by atoms with van der Waals surface area (Å²) in [7, 11) is 1.37. The molecule has 0 heterocycles. The SMILES string of the molecule is COC(=O)CCCCCNc1ccc([N+](=O)[O-])c(C#N)c1. The average Bonchev–Trinajstić information content (AvgIpc) is 2.49. The van der Waals surface area contributed by atoms with Crippen molar-refractivity contribution < 1.29 is 14.5 Å². The van der Waals surface area contributed by atoms with Gasteiger partial charge in [-0.3, -0.25) is 14.9 Å². The molecule has 0 radical (unpaired) electrons. The zero-order valence-electron chi connectivity index (χ0n) is 11.8. The zero-order chi connectivity index (χ0) is 15.7. The van der Waals surface area contributed by atoms with Gasteiger partial charge in [0.2, 0.25) is 0 Å². The Balaban J connectivity index is 2.38. The van der Waals surface area contributed by atoms with Gasteiger partial charge in [-0.2, -0.15) is 5.26 Å². The minimum Gasteiger partial charge on any atom is -0.469 e. The normalized spacial score (nSPS) is 9.71. The molecule has 7 nitrogen and oxygen atoms in total. The number of hydrogen-bond donors (Lipinski definition) is 1. The van der Waals surface area contributed by atoms with Gasteiger partial charge in [-0.05, 0) is 25.0 Å². The molecule has 0 fully saturated rings. The van der Waals surface area contributed by atoms with E-state index < -0.39 is 4.92 Å². The van der Waals surface area contributed by atoms with E-state index in [1.54, 1.807) is 6.07 Å². The third kappa shape index (κ3) is 5.48. The number of nitro groups is 1. The van der Waals surface area contributed by atoms with Gasteiger partial charge in [0, 0.05) is 24.7 Å². The molecule has 0 amide bonds. The highest BCUT2D eigenvalue weighted by Gasteiger charge is 2.13. The van der Waals surface area contributed by atoms with Crippen LogP contribution in [0.5, 0.6) is 0 Å². The molecular formula is C14H17N3O4. The summed E-state index contributed by atoms with van der Waals surface area (Å²) in [4.78, 5) is 21.0. The molecule has 1 rings (SSSR count). The molecule has 1 N–H and O–H groups in total. The largest absolute Gasteiger partial charge is 0.469 e. The summed E-state index contributed by atoms with van der Waals surface area (Å²) in [5, 5.41) is 22.7.